The highest BCUT2D eigenvalue weighted by Gasteiger charge is 2.30. The van der Waals surface area contributed by atoms with Crippen LogP contribution in [0.4, 0.5) is 11.4 Å². The predicted molar refractivity (Wildman–Crippen MR) is 84.2 cm³/mol. The summed E-state index contributed by atoms with van der Waals surface area (Å²) in [5.41, 5.74) is 9.47. The molecule has 0 spiro atoms. The Morgan fingerprint density at radius 3 is 2.53 bits per heavy atom. The summed E-state index contributed by atoms with van der Waals surface area (Å²) < 4.78 is 1.08. The maximum atomic E-state index is 6.15. The standard InChI is InChI=1S/C16H17BrN2/c17-13-6-9-15(18)16(10-13)19(14-7-8-14)11-12-4-2-1-3-5-12/h1-6,9-10,14H,7-8,11,18H2. The number of rotatable bonds is 4. The molecule has 0 unspecified atom stereocenters. The van der Waals surface area contributed by atoms with Gasteiger partial charge in [-0.2, -0.15) is 0 Å². The van der Waals surface area contributed by atoms with E-state index in [0.29, 0.717) is 6.04 Å². The fourth-order valence-electron chi connectivity index (χ4n) is 2.34. The second kappa shape index (κ2) is 5.25. The number of halogens is 1. The quantitative estimate of drug-likeness (QED) is 0.856. The van der Waals surface area contributed by atoms with E-state index < -0.39 is 0 Å². The summed E-state index contributed by atoms with van der Waals surface area (Å²) in [7, 11) is 0. The Balaban J connectivity index is 1.91. The van der Waals surface area contributed by atoms with Crippen LogP contribution in [0, 0.1) is 0 Å². The molecule has 1 aliphatic rings. The van der Waals surface area contributed by atoms with E-state index in [4.69, 9.17) is 5.73 Å². The normalized spacial score (nSPS) is 14.4. The molecule has 3 heteroatoms. The molecule has 19 heavy (non-hydrogen) atoms. The summed E-state index contributed by atoms with van der Waals surface area (Å²) in [5, 5.41) is 0. The molecule has 0 aromatic heterocycles. The number of benzene rings is 2. The molecular weight excluding hydrogens is 300 g/mol. The van der Waals surface area contributed by atoms with Gasteiger partial charge in [0.2, 0.25) is 0 Å². The van der Waals surface area contributed by atoms with E-state index in [0.717, 1.165) is 22.4 Å². The second-order valence-electron chi connectivity index (χ2n) is 5.05. The average molecular weight is 317 g/mol. The average Bonchev–Trinajstić information content (AvgIpc) is 3.25. The van der Waals surface area contributed by atoms with Crippen molar-refractivity contribution in [3.63, 3.8) is 0 Å². The van der Waals surface area contributed by atoms with Crippen molar-refractivity contribution in [2.45, 2.75) is 25.4 Å². The van der Waals surface area contributed by atoms with E-state index in [1.54, 1.807) is 0 Å². The highest BCUT2D eigenvalue weighted by Crippen LogP contribution is 2.37. The van der Waals surface area contributed by atoms with Crippen LogP contribution in [0.15, 0.2) is 53.0 Å². The lowest BCUT2D eigenvalue weighted by Crippen LogP contribution is -2.25. The van der Waals surface area contributed by atoms with Crippen LogP contribution >= 0.6 is 15.9 Å². The van der Waals surface area contributed by atoms with Gasteiger partial charge in [0.05, 0.1) is 11.4 Å². The largest absolute Gasteiger partial charge is 0.397 e. The number of anilines is 2. The van der Waals surface area contributed by atoms with Crippen LogP contribution in [0.2, 0.25) is 0 Å². The Morgan fingerprint density at radius 1 is 1.11 bits per heavy atom. The maximum Gasteiger partial charge on any atom is 0.0616 e. The zero-order valence-corrected chi connectivity index (χ0v) is 12.3. The predicted octanol–water partition coefficient (Wildman–Crippen LogP) is 4.20. The van der Waals surface area contributed by atoms with Crippen LogP contribution in [-0.2, 0) is 6.54 Å². The van der Waals surface area contributed by atoms with Gasteiger partial charge in [0.15, 0.2) is 0 Å². The van der Waals surface area contributed by atoms with Gasteiger partial charge in [0, 0.05) is 17.1 Å². The maximum absolute atomic E-state index is 6.15. The van der Waals surface area contributed by atoms with Crippen LogP contribution in [0.25, 0.3) is 0 Å². The third-order valence-corrected chi connectivity index (χ3v) is 3.98. The summed E-state index contributed by atoms with van der Waals surface area (Å²) in [4.78, 5) is 2.43. The number of hydrogen-bond acceptors (Lipinski definition) is 2. The van der Waals surface area contributed by atoms with Gasteiger partial charge in [0.25, 0.3) is 0 Å². The molecule has 1 saturated carbocycles. The van der Waals surface area contributed by atoms with Crippen LogP contribution in [-0.4, -0.2) is 6.04 Å². The molecule has 1 fully saturated rings. The summed E-state index contributed by atoms with van der Waals surface area (Å²) in [6, 6.07) is 17.3. The van der Waals surface area contributed by atoms with Crippen molar-refractivity contribution in [3.05, 3.63) is 58.6 Å². The van der Waals surface area contributed by atoms with Gasteiger partial charge in [-0.05, 0) is 36.6 Å². The number of hydrogen-bond donors (Lipinski definition) is 1. The van der Waals surface area contributed by atoms with Gasteiger partial charge in [-0.1, -0.05) is 46.3 Å². The van der Waals surface area contributed by atoms with Gasteiger partial charge >= 0.3 is 0 Å². The first-order valence-electron chi connectivity index (χ1n) is 6.59. The number of nitrogens with zero attached hydrogens (tertiary/aromatic N) is 1. The van der Waals surface area contributed by atoms with E-state index in [2.05, 4.69) is 57.2 Å². The van der Waals surface area contributed by atoms with Gasteiger partial charge in [-0.15, -0.1) is 0 Å². The first-order valence-corrected chi connectivity index (χ1v) is 7.39. The summed E-state index contributed by atoms with van der Waals surface area (Å²) in [6.07, 6.45) is 2.53. The molecule has 2 aromatic carbocycles. The van der Waals surface area contributed by atoms with Crippen molar-refractivity contribution < 1.29 is 0 Å². The lowest BCUT2D eigenvalue weighted by atomic mass is 10.1. The molecule has 0 atom stereocenters. The van der Waals surface area contributed by atoms with Crippen molar-refractivity contribution in [1.29, 1.82) is 0 Å². The summed E-state index contributed by atoms with van der Waals surface area (Å²) >= 11 is 3.54. The fraction of sp³-hybridized carbons (Fsp3) is 0.250. The molecule has 0 heterocycles. The minimum Gasteiger partial charge on any atom is -0.397 e. The smallest absolute Gasteiger partial charge is 0.0616 e. The lowest BCUT2D eigenvalue weighted by molar-refractivity contribution is 0.795. The van der Waals surface area contributed by atoms with Crippen molar-refractivity contribution >= 4 is 27.3 Å². The Labute approximate surface area is 122 Å². The zero-order valence-electron chi connectivity index (χ0n) is 10.7. The molecule has 0 amide bonds. The first-order chi connectivity index (χ1) is 9.24. The third kappa shape index (κ3) is 2.92. The van der Waals surface area contributed by atoms with E-state index in [9.17, 15) is 0 Å². The van der Waals surface area contributed by atoms with Crippen molar-refractivity contribution in [3.8, 4) is 0 Å². The van der Waals surface area contributed by atoms with Gasteiger partial charge in [-0.25, -0.2) is 0 Å². The summed E-state index contributed by atoms with van der Waals surface area (Å²) in [5.74, 6) is 0. The summed E-state index contributed by atoms with van der Waals surface area (Å²) in [6.45, 7) is 0.923. The Hall–Kier alpha value is -1.48. The van der Waals surface area contributed by atoms with Crippen molar-refractivity contribution in [2.75, 3.05) is 10.6 Å². The van der Waals surface area contributed by atoms with Crippen molar-refractivity contribution in [2.24, 2.45) is 0 Å². The Morgan fingerprint density at radius 2 is 1.84 bits per heavy atom. The van der Waals surface area contributed by atoms with Crippen molar-refractivity contribution in [1.82, 2.24) is 0 Å². The van der Waals surface area contributed by atoms with Gasteiger partial charge in [0.1, 0.15) is 0 Å². The highest BCUT2D eigenvalue weighted by molar-refractivity contribution is 9.10. The molecule has 0 aliphatic heterocycles. The van der Waals surface area contributed by atoms with Crippen LogP contribution in [0.5, 0.6) is 0 Å². The molecule has 2 aromatic rings. The van der Waals surface area contributed by atoms with E-state index in [-0.39, 0.29) is 0 Å². The van der Waals surface area contributed by atoms with Gasteiger partial charge < -0.3 is 10.6 Å². The molecule has 3 rings (SSSR count). The Kier molecular flexibility index (Phi) is 3.47. The molecule has 0 saturated heterocycles. The minimum atomic E-state index is 0.636. The van der Waals surface area contributed by atoms with E-state index >= 15 is 0 Å². The molecule has 0 radical (unpaired) electrons. The monoisotopic (exact) mass is 316 g/mol. The Bertz CT molecular complexity index is 564. The third-order valence-electron chi connectivity index (χ3n) is 3.49. The molecule has 1 aliphatic carbocycles. The van der Waals surface area contributed by atoms with Crippen LogP contribution < -0.4 is 10.6 Å². The highest BCUT2D eigenvalue weighted by atomic mass is 79.9. The van der Waals surface area contributed by atoms with E-state index in [1.807, 2.05) is 12.1 Å². The lowest BCUT2D eigenvalue weighted by Gasteiger charge is -2.26. The van der Waals surface area contributed by atoms with Gasteiger partial charge in [-0.3, -0.25) is 0 Å². The van der Waals surface area contributed by atoms with Crippen LogP contribution in [0.1, 0.15) is 18.4 Å². The molecule has 2 nitrogen and oxygen atoms in total. The van der Waals surface area contributed by atoms with E-state index in [1.165, 1.54) is 18.4 Å². The van der Waals surface area contributed by atoms with Crippen LogP contribution in [0.3, 0.4) is 0 Å². The second-order valence-corrected chi connectivity index (χ2v) is 5.96. The molecule has 0 bridgehead atoms. The number of nitrogen functional groups attached to an aromatic ring is 1. The topological polar surface area (TPSA) is 29.3 Å². The molecule has 2 N–H and O–H groups in total. The molecular formula is C16H17BrN2. The fourth-order valence-corrected chi connectivity index (χ4v) is 2.69. The minimum absolute atomic E-state index is 0.636. The SMILES string of the molecule is Nc1ccc(Br)cc1N(Cc1ccccc1)C1CC1. The number of nitrogens with two attached hydrogens (primary N) is 1. The zero-order chi connectivity index (χ0) is 13.2. The molecule has 98 valence electrons. The first kappa shape index (κ1) is 12.5.